The third kappa shape index (κ3) is 3.37. The maximum absolute atomic E-state index is 12.6. The number of nitrogens with zero attached hydrogens (tertiary/aromatic N) is 1. The van der Waals surface area contributed by atoms with Gasteiger partial charge in [-0.05, 0) is 29.8 Å². The second kappa shape index (κ2) is 7.55. The molecule has 0 spiro atoms. The average molecular weight is 401 g/mol. The lowest BCUT2D eigenvalue weighted by Gasteiger charge is -2.29. The highest BCUT2D eigenvalue weighted by Crippen LogP contribution is 2.36. The summed E-state index contributed by atoms with van der Waals surface area (Å²) >= 11 is 0. The summed E-state index contributed by atoms with van der Waals surface area (Å²) < 4.78 is 17.7. The lowest BCUT2D eigenvalue weighted by atomic mass is 10.1. The number of hydrogen-bond acceptors (Lipinski definition) is 5. The minimum absolute atomic E-state index is 0.126. The molecule has 0 saturated heterocycles. The molecule has 5 rings (SSSR count). The number of fused-ring (bicyclic) bond motifs is 2. The van der Waals surface area contributed by atoms with Crippen molar-refractivity contribution in [3.8, 4) is 17.2 Å². The lowest BCUT2D eigenvalue weighted by Crippen LogP contribution is -2.43. The molecular weight excluding hydrogens is 382 g/mol. The van der Waals surface area contributed by atoms with Gasteiger partial charge < -0.3 is 14.2 Å². The monoisotopic (exact) mass is 401 g/mol. The first-order valence-corrected chi connectivity index (χ1v) is 9.74. The van der Waals surface area contributed by atoms with E-state index in [1.165, 1.54) is 4.90 Å². The van der Waals surface area contributed by atoms with Crippen molar-refractivity contribution >= 4 is 11.8 Å². The van der Waals surface area contributed by atoms with Crippen LogP contribution in [0.25, 0.3) is 0 Å². The Morgan fingerprint density at radius 2 is 1.57 bits per heavy atom. The molecule has 0 aromatic heterocycles. The van der Waals surface area contributed by atoms with Crippen LogP contribution in [-0.2, 0) is 6.61 Å². The number of carbonyl (C=O) groups is 2. The maximum Gasteiger partial charge on any atom is 0.261 e. The van der Waals surface area contributed by atoms with Crippen LogP contribution in [0.2, 0.25) is 0 Å². The van der Waals surface area contributed by atoms with Crippen molar-refractivity contribution < 1.29 is 23.8 Å². The summed E-state index contributed by atoms with van der Waals surface area (Å²) in [6.45, 7) is 0.824. The highest BCUT2D eigenvalue weighted by atomic mass is 16.6. The molecule has 30 heavy (non-hydrogen) atoms. The minimum Gasteiger partial charge on any atom is -0.489 e. The summed E-state index contributed by atoms with van der Waals surface area (Å²) in [4.78, 5) is 26.4. The topological polar surface area (TPSA) is 65.1 Å². The first kappa shape index (κ1) is 18.2. The third-order valence-electron chi connectivity index (χ3n) is 5.15. The molecule has 0 radical (unpaired) electrons. The number of benzene rings is 3. The average Bonchev–Trinajstić information content (AvgIpc) is 3.03. The molecule has 6 nitrogen and oxygen atoms in total. The normalized spacial score (nSPS) is 17.1. The van der Waals surface area contributed by atoms with E-state index in [1.807, 2.05) is 36.4 Å². The Kier molecular flexibility index (Phi) is 4.59. The predicted octanol–water partition coefficient (Wildman–Crippen LogP) is 3.70. The molecule has 2 aliphatic heterocycles. The van der Waals surface area contributed by atoms with E-state index in [2.05, 4.69) is 0 Å². The SMILES string of the molecule is O=C1c2ccccc2C(=O)N1CC1COc2ccc(OCc3ccccc3)cc2O1. The van der Waals surface area contributed by atoms with Gasteiger partial charge in [-0.1, -0.05) is 42.5 Å². The molecule has 6 heteroatoms. The van der Waals surface area contributed by atoms with E-state index in [0.29, 0.717) is 35.0 Å². The van der Waals surface area contributed by atoms with Crippen molar-refractivity contribution in [3.63, 3.8) is 0 Å². The van der Waals surface area contributed by atoms with Crippen molar-refractivity contribution in [1.29, 1.82) is 0 Å². The summed E-state index contributed by atoms with van der Waals surface area (Å²) in [6, 6.07) is 22.1. The van der Waals surface area contributed by atoms with Crippen LogP contribution in [0.5, 0.6) is 17.2 Å². The molecule has 2 aliphatic rings. The fourth-order valence-corrected chi connectivity index (χ4v) is 3.63. The Morgan fingerprint density at radius 1 is 0.867 bits per heavy atom. The Morgan fingerprint density at radius 3 is 2.30 bits per heavy atom. The van der Waals surface area contributed by atoms with Crippen molar-refractivity contribution in [2.24, 2.45) is 0 Å². The van der Waals surface area contributed by atoms with Gasteiger partial charge in [0, 0.05) is 6.07 Å². The van der Waals surface area contributed by atoms with Crippen molar-refractivity contribution in [1.82, 2.24) is 4.90 Å². The summed E-state index contributed by atoms with van der Waals surface area (Å²) in [5.41, 5.74) is 1.92. The molecule has 0 N–H and O–H groups in total. The zero-order valence-electron chi connectivity index (χ0n) is 16.1. The van der Waals surface area contributed by atoms with Crippen molar-refractivity contribution in [3.05, 3.63) is 89.5 Å². The van der Waals surface area contributed by atoms with Gasteiger partial charge >= 0.3 is 0 Å². The van der Waals surface area contributed by atoms with Crippen LogP contribution < -0.4 is 14.2 Å². The van der Waals surface area contributed by atoms with Gasteiger partial charge in [0.25, 0.3) is 11.8 Å². The maximum atomic E-state index is 12.6. The van der Waals surface area contributed by atoms with Crippen LogP contribution >= 0.6 is 0 Å². The highest BCUT2D eigenvalue weighted by molar-refractivity contribution is 6.21. The van der Waals surface area contributed by atoms with E-state index in [1.54, 1.807) is 36.4 Å². The Labute approximate surface area is 173 Å². The molecule has 1 unspecified atom stereocenters. The lowest BCUT2D eigenvalue weighted by molar-refractivity contribution is 0.0428. The molecule has 2 amide bonds. The minimum atomic E-state index is -0.455. The Hall–Kier alpha value is -3.80. The molecule has 3 aromatic carbocycles. The van der Waals surface area contributed by atoms with E-state index < -0.39 is 6.10 Å². The smallest absolute Gasteiger partial charge is 0.261 e. The zero-order valence-corrected chi connectivity index (χ0v) is 16.1. The van der Waals surface area contributed by atoms with Gasteiger partial charge in [0.05, 0.1) is 17.7 Å². The fraction of sp³-hybridized carbons (Fsp3) is 0.167. The van der Waals surface area contributed by atoms with Gasteiger partial charge in [-0.25, -0.2) is 0 Å². The van der Waals surface area contributed by atoms with Crippen molar-refractivity contribution in [2.75, 3.05) is 13.2 Å². The van der Waals surface area contributed by atoms with Crippen molar-refractivity contribution in [2.45, 2.75) is 12.7 Å². The standard InChI is InChI=1S/C24H19NO5/c26-23-19-8-4-5-9-20(19)24(27)25(23)13-18-15-29-21-11-10-17(12-22(21)30-18)28-14-16-6-2-1-3-7-16/h1-12,18H,13-15H2. The second-order valence-electron chi connectivity index (χ2n) is 7.20. The highest BCUT2D eigenvalue weighted by Gasteiger charge is 2.37. The van der Waals surface area contributed by atoms with Crippen LogP contribution in [0.3, 0.4) is 0 Å². The number of rotatable bonds is 5. The fourth-order valence-electron chi connectivity index (χ4n) is 3.63. The van der Waals surface area contributed by atoms with Gasteiger partial charge in [-0.2, -0.15) is 0 Å². The molecule has 0 bridgehead atoms. The van der Waals surface area contributed by atoms with Crippen LogP contribution in [0.4, 0.5) is 0 Å². The zero-order chi connectivity index (χ0) is 20.5. The van der Waals surface area contributed by atoms with E-state index in [0.717, 1.165) is 5.56 Å². The number of imide groups is 1. The number of hydrogen-bond donors (Lipinski definition) is 0. The molecule has 0 aliphatic carbocycles. The third-order valence-corrected chi connectivity index (χ3v) is 5.15. The summed E-state index contributed by atoms with van der Waals surface area (Å²) in [5, 5.41) is 0. The summed E-state index contributed by atoms with van der Waals surface area (Å²) in [6.07, 6.45) is -0.455. The molecule has 150 valence electrons. The summed E-state index contributed by atoms with van der Waals surface area (Å²) in [5.74, 6) is 1.20. The van der Waals surface area contributed by atoms with Gasteiger partial charge in [-0.3, -0.25) is 14.5 Å². The van der Waals surface area contributed by atoms with Gasteiger partial charge in [0.2, 0.25) is 0 Å². The van der Waals surface area contributed by atoms with Gasteiger partial charge in [-0.15, -0.1) is 0 Å². The molecule has 1 atom stereocenters. The summed E-state index contributed by atoms with van der Waals surface area (Å²) in [7, 11) is 0. The number of amides is 2. The van der Waals surface area contributed by atoms with Gasteiger partial charge in [0.1, 0.15) is 19.0 Å². The van der Waals surface area contributed by atoms with E-state index >= 15 is 0 Å². The van der Waals surface area contributed by atoms with E-state index in [4.69, 9.17) is 14.2 Å². The van der Waals surface area contributed by atoms with Crippen LogP contribution in [0.1, 0.15) is 26.3 Å². The Balaban J connectivity index is 1.27. The molecule has 0 fully saturated rings. The predicted molar refractivity (Wildman–Crippen MR) is 109 cm³/mol. The Bertz CT molecular complexity index is 1080. The first-order valence-electron chi connectivity index (χ1n) is 9.74. The van der Waals surface area contributed by atoms with Crippen LogP contribution in [-0.4, -0.2) is 36.0 Å². The first-order chi connectivity index (χ1) is 14.7. The second-order valence-corrected chi connectivity index (χ2v) is 7.20. The number of ether oxygens (including phenoxy) is 3. The van der Waals surface area contributed by atoms with Crippen LogP contribution in [0, 0.1) is 0 Å². The van der Waals surface area contributed by atoms with E-state index in [-0.39, 0.29) is 25.0 Å². The molecule has 2 heterocycles. The molecule has 0 saturated carbocycles. The van der Waals surface area contributed by atoms with Crippen LogP contribution in [0.15, 0.2) is 72.8 Å². The quantitative estimate of drug-likeness (QED) is 0.610. The van der Waals surface area contributed by atoms with E-state index in [9.17, 15) is 9.59 Å². The van der Waals surface area contributed by atoms with Gasteiger partial charge in [0.15, 0.2) is 17.6 Å². The molecule has 3 aromatic rings. The number of carbonyl (C=O) groups excluding carboxylic acids is 2. The molecular formula is C24H19NO5. The largest absolute Gasteiger partial charge is 0.489 e.